The second kappa shape index (κ2) is 14.5. The Bertz CT molecular complexity index is 1690. The zero-order valence-corrected chi connectivity index (χ0v) is 28.2. The lowest BCUT2D eigenvalue weighted by molar-refractivity contribution is -0.0458. The lowest BCUT2D eigenvalue weighted by atomic mass is 9.89. The highest BCUT2D eigenvalue weighted by atomic mass is 35.5. The minimum atomic E-state index is -0.189. The molecule has 2 saturated heterocycles. The van der Waals surface area contributed by atoms with Crippen LogP contribution in [0.25, 0.3) is 11.1 Å². The van der Waals surface area contributed by atoms with E-state index in [0.29, 0.717) is 59.9 Å². The van der Waals surface area contributed by atoms with Crippen molar-refractivity contribution in [3.8, 4) is 22.8 Å². The maximum absolute atomic E-state index is 6.41. The number of aromatic nitrogens is 6. The molecule has 0 spiro atoms. The number of rotatable bonds is 12. The molecule has 7 rings (SSSR count). The molecule has 3 aromatic heterocycles. The summed E-state index contributed by atoms with van der Waals surface area (Å²) in [4.78, 5) is 16.1. The molecular weight excluding hydrogens is 632 g/mol. The van der Waals surface area contributed by atoms with Gasteiger partial charge in [-0.25, -0.2) is 9.97 Å². The fraction of sp³-hybridized carbons (Fsp3) is 0.500. The zero-order valence-electron chi connectivity index (χ0n) is 27.4. The van der Waals surface area contributed by atoms with Gasteiger partial charge in [0.25, 0.3) is 5.88 Å². The molecule has 3 fully saturated rings. The molecule has 3 aliphatic rings. The third-order valence-corrected chi connectivity index (χ3v) is 10.0. The number of benzene rings is 1. The van der Waals surface area contributed by atoms with E-state index in [1.807, 2.05) is 38.4 Å². The molecule has 2 aliphatic heterocycles. The number of morpholine rings is 1. The van der Waals surface area contributed by atoms with Gasteiger partial charge in [-0.05, 0) is 69.2 Å². The fourth-order valence-electron chi connectivity index (χ4n) is 7.22. The van der Waals surface area contributed by atoms with Crippen LogP contribution < -0.4 is 20.5 Å². The molecule has 1 aliphatic carbocycles. The van der Waals surface area contributed by atoms with Gasteiger partial charge in [-0.15, -0.1) is 5.10 Å². The summed E-state index contributed by atoms with van der Waals surface area (Å²) in [7, 11) is 1.90. The van der Waals surface area contributed by atoms with Crippen LogP contribution >= 0.6 is 11.6 Å². The molecule has 48 heavy (non-hydrogen) atoms. The van der Waals surface area contributed by atoms with Crippen molar-refractivity contribution in [1.29, 1.82) is 0 Å². The van der Waals surface area contributed by atoms with Crippen LogP contribution in [0.2, 0.25) is 5.02 Å². The summed E-state index contributed by atoms with van der Waals surface area (Å²) in [5.41, 5.74) is 8.74. The Hall–Kier alpha value is -4.20. The van der Waals surface area contributed by atoms with Gasteiger partial charge in [0.15, 0.2) is 0 Å². The predicted molar refractivity (Wildman–Crippen MR) is 184 cm³/mol. The van der Waals surface area contributed by atoms with Gasteiger partial charge < -0.3 is 25.3 Å². The van der Waals surface area contributed by atoms with Gasteiger partial charge in [0.2, 0.25) is 5.95 Å². The van der Waals surface area contributed by atoms with E-state index in [0.717, 1.165) is 61.4 Å². The van der Waals surface area contributed by atoms with Gasteiger partial charge >= 0.3 is 0 Å². The first kappa shape index (κ1) is 32.4. The third-order valence-electron chi connectivity index (χ3n) is 9.70. The molecule has 0 radical (unpaired) electrons. The number of halogens is 1. The molecule has 14 heteroatoms. The first-order chi connectivity index (χ1) is 23.4. The average Bonchev–Trinajstić information content (AvgIpc) is 3.78. The predicted octanol–water partition coefficient (Wildman–Crippen LogP) is 5.15. The summed E-state index contributed by atoms with van der Waals surface area (Å²) in [6.45, 7) is 4.44. The summed E-state index contributed by atoms with van der Waals surface area (Å²) in [6.07, 6.45) is 15.4. The van der Waals surface area contributed by atoms with Crippen molar-refractivity contribution in [3.05, 3.63) is 59.8 Å². The second-order valence-electron chi connectivity index (χ2n) is 12.9. The topological polar surface area (TPSA) is 143 Å². The first-order valence-corrected chi connectivity index (χ1v) is 17.1. The Morgan fingerprint density at radius 2 is 1.77 bits per heavy atom. The van der Waals surface area contributed by atoms with Gasteiger partial charge in [0.1, 0.15) is 24.1 Å². The number of hydrogen-bond acceptors (Lipinski definition) is 10. The average molecular weight is 675 g/mol. The second-order valence-corrected chi connectivity index (χ2v) is 13.3. The standard InChI is InChI=1S/C34H43ClN10O3/c1-22(14-37-21-36)48-32-13-23(3-10-30(32)35)24-15-38-34(39-16-24)41-31-17-44(42-33(31)47-20-27-11-12-40-43(27)2)25-4-6-26(7-5-25)45-28-8-9-29(45)19-46-18-28/h3,10-13,15-17,21-22,25-26,28-29H,4-9,14,18-20H2,1-2H3,(H2,36,37)(H,38,39,41)/t22-,25?,26?,28-,29+/m0/s1. The molecule has 1 saturated carbocycles. The molecule has 13 nitrogen and oxygen atoms in total. The minimum absolute atomic E-state index is 0.189. The Labute approximate surface area is 285 Å². The van der Waals surface area contributed by atoms with Crippen LogP contribution in [-0.2, 0) is 18.4 Å². The number of fused-ring (bicyclic) bond motifs is 2. The first-order valence-electron chi connectivity index (χ1n) is 16.7. The van der Waals surface area contributed by atoms with Crippen LogP contribution in [0.5, 0.6) is 11.6 Å². The van der Waals surface area contributed by atoms with Crippen LogP contribution in [0.3, 0.4) is 0 Å². The SMILES string of the molecule is C[C@@H](CN=CN)Oc1cc(-c2cnc(Nc3cn(C4CCC(N5[C@@H]6CC[C@H]5COC6)CC4)nc3OCc3ccnn3C)nc2)ccc1Cl. The quantitative estimate of drug-likeness (QED) is 0.153. The maximum Gasteiger partial charge on any atom is 0.257 e. The van der Waals surface area contributed by atoms with Gasteiger partial charge in [0.05, 0.1) is 49.1 Å². The van der Waals surface area contributed by atoms with Crippen LogP contribution in [0, 0.1) is 0 Å². The van der Waals surface area contributed by atoms with Crippen molar-refractivity contribution in [2.45, 2.75) is 82.3 Å². The maximum atomic E-state index is 6.41. The molecule has 254 valence electrons. The Balaban J connectivity index is 1.05. The summed E-state index contributed by atoms with van der Waals surface area (Å²) in [5.74, 6) is 1.50. The van der Waals surface area contributed by atoms with E-state index >= 15 is 0 Å². The molecule has 5 heterocycles. The largest absolute Gasteiger partial charge is 0.487 e. The van der Waals surface area contributed by atoms with E-state index in [2.05, 4.69) is 35.0 Å². The van der Waals surface area contributed by atoms with Crippen LogP contribution in [0.4, 0.5) is 11.6 Å². The molecule has 0 amide bonds. The highest BCUT2D eigenvalue weighted by molar-refractivity contribution is 6.32. The van der Waals surface area contributed by atoms with E-state index in [1.54, 1.807) is 29.3 Å². The number of anilines is 2. The summed E-state index contributed by atoms with van der Waals surface area (Å²) >= 11 is 6.41. The Morgan fingerprint density at radius 3 is 2.48 bits per heavy atom. The third kappa shape index (κ3) is 7.13. The van der Waals surface area contributed by atoms with E-state index in [-0.39, 0.29) is 6.10 Å². The van der Waals surface area contributed by atoms with Crippen LogP contribution in [0.15, 0.2) is 54.0 Å². The van der Waals surface area contributed by atoms with Crippen LogP contribution in [-0.4, -0.2) is 84.8 Å². The monoisotopic (exact) mass is 674 g/mol. The molecule has 2 bridgehead atoms. The minimum Gasteiger partial charge on any atom is -0.487 e. The van der Waals surface area contributed by atoms with Crippen molar-refractivity contribution in [3.63, 3.8) is 0 Å². The number of hydrogen-bond donors (Lipinski definition) is 2. The molecule has 0 unspecified atom stereocenters. The molecule has 3 N–H and O–H groups in total. The smallest absolute Gasteiger partial charge is 0.257 e. The number of nitrogens with zero attached hydrogens (tertiary/aromatic N) is 8. The van der Waals surface area contributed by atoms with Crippen molar-refractivity contribution in [2.75, 3.05) is 25.1 Å². The fourth-order valence-corrected chi connectivity index (χ4v) is 7.38. The lowest BCUT2D eigenvalue weighted by Crippen LogP contribution is -2.52. The van der Waals surface area contributed by atoms with E-state index in [4.69, 9.17) is 36.6 Å². The van der Waals surface area contributed by atoms with E-state index in [1.165, 1.54) is 19.2 Å². The summed E-state index contributed by atoms with van der Waals surface area (Å²) in [5, 5.41) is 13.1. The van der Waals surface area contributed by atoms with Gasteiger partial charge in [-0.1, -0.05) is 17.7 Å². The number of aliphatic imine (C=N–C) groups is 1. The van der Waals surface area contributed by atoms with E-state index in [9.17, 15) is 0 Å². The van der Waals surface area contributed by atoms with Crippen molar-refractivity contribution in [2.24, 2.45) is 17.8 Å². The van der Waals surface area contributed by atoms with Crippen molar-refractivity contribution >= 4 is 29.6 Å². The Kier molecular flexibility index (Phi) is 9.78. The molecule has 3 atom stereocenters. The molecule has 1 aromatic carbocycles. The van der Waals surface area contributed by atoms with Gasteiger partial charge in [0, 0.05) is 49.3 Å². The van der Waals surface area contributed by atoms with Gasteiger partial charge in [-0.2, -0.15) is 5.10 Å². The number of aryl methyl sites for hydroxylation is 1. The van der Waals surface area contributed by atoms with E-state index < -0.39 is 0 Å². The number of nitrogens with one attached hydrogen (secondary N) is 1. The lowest BCUT2D eigenvalue weighted by Gasteiger charge is -2.43. The van der Waals surface area contributed by atoms with Crippen molar-refractivity contribution < 1.29 is 14.2 Å². The number of ether oxygens (including phenoxy) is 3. The summed E-state index contributed by atoms with van der Waals surface area (Å²) < 4.78 is 22.0. The highest BCUT2D eigenvalue weighted by Gasteiger charge is 2.42. The number of nitrogens with two attached hydrogens (primary N) is 1. The molecular formula is C34H43ClN10O3. The van der Waals surface area contributed by atoms with Crippen LogP contribution in [0.1, 0.15) is 57.2 Å². The molecule has 4 aromatic rings. The highest BCUT2D eigenvalue weighted by Crippen LogP contribution is 2.40. The van der Waals surface area contributed by atoms with Gasteiger partial charge in [-0.3, -0.25) is 19.3 Å². The normalized spacial score (nSPS) is 23.4. The zero-order chi connectivity index (χ0) is 33.0. The van der Waals surface area contributed by atoms with Crippen molar-refractivity contribution in [1.82, 2.24) is 34.4 Å². The Morgan fingerprint density at radius 1 is 1.04 bits per heavy atom. The summed E-state index contributed by atoms with van der Waals surface area (Å²) in [6, 6.07) is 9.63.